The number of rotatable bonds is 12. The van der Waals surface area contributed by atoms with Gasteiger partial charge in [0.1, 0.15) is 10.5 Å². The molecule has 0 amide bonds. The second kappa shape index (κ2) is 14.8. The van der Waals surface area contributed by atoms with Crippen LogP contribution in [-0.4, -0.2) is 41.4 Å². The Morgan fingerprint density at radius 2 is 0.895 bits per heavy atom. The van der Waals surface area contributed by atoms with E-state index in [9.17, 15) is 0 Å². The molecule has 5 heteroatoms. The van der Waals surface area contributed by atoms with Gasteiger partial charge in [0.15, 0.2) is 0 Å². The summed E-state index contributed by atoms with van der Waals surface area (Å²) in [5.74, 6) is 4.44. The van der Waals surface area contributed by atoms with Crippen molar-refractivity contribution in [2.24, 2.45) is 53.3 Å². The molecule has 0 bridgehead atoms. The van der Waals surface area contributed by atoms with Crippen LogP contribution in [0.1, 0.15) is 127 Å². The summed E-state index contributed by atoms with van der Waals surface area (Å²) < 4.78 is 27.9. The van der Waals surface area contributed by atoms with Gasteiger partial charge >= 0.3 is 0 Å². The van der Waals surface area contributed by atoms with Crippen LogP contribution in [-0.2, 0) is 18.6 Å². The van der Waals surface area contributed by atoms with E-state index >= 15 is 0 Å². The maximum atomic E-state index is 7.35. The molecular weight excluding hydrogens is 488 g/mol. The summed E-state index contributed by atoms with van der Waals surface area (Å²) in [4.78, 5) is 0. The number of hydrogen-bond donors (Lipinski definition) is 0. The molecule has 0 heterocycles. The molecule has 0 N–H and O–H groups in total. The van der Waals surface area contributed by atoms with Crippen LogP contribution in [0.15, 0.2) is 0 Å². The van der Waals surface area contributed by atoms with Gasteiger partial charge in [0, 0.05) is 6.61 Å². The zero-order valence-corrected chi connectivity index (χ0v) is 28.8. The molecule has 38 heavy (non-hydrogen) atoms. The number of ether oxygens (including phenoxy) is 3. The van der Waals surface area contributed by atoms with Gasteiger partial charge in [-0.2, -0.15) is 0 Å². The Labute approximate surface area is 239 Å². The van der Waals surface area contributed by atoms with Crippen LogP contribution in [0.2, 0.25) is 0 Å². The Kier molecular flexibility index (Phi) is 12.7. The van der Waals surface area contributed by atoms with Crippen molar-refractivity contribution >= 4 is 10.5 Å². The standard InChI is InChI=1S/C33H64O4Si/c1-21(2)27-13-10-24(7)18-30(27)35-33(16-17-34-38,36-31-19-25(8)11-14-28(31)22(3)4)37-32-20-26(9)12-15-29(32)23(5)6/h21-32H,10-20H2,1-9,38H3. The second-order valence-electron chi connectivity index (χ2n) is 14.9. The summed E-state index contributed by atoms with van der Waals surface area (Å²) in [7, 11) is 0.721. The first-order valence-electron chi connectivity index (χ1n) is 16.5. The van der Waals surface area contributed by atoms with Gasteiger partial charge in [-0.1, -0.05) is 81.6 Å². The molecule has 3 rings (SSSR count). The highest BCUT2D eigenvalue weighted by atomic mass is 28.2. The Hall–Kier alpha value is 0.0569. The van der Waals surface area contributed by atoms with Gasteiger partial charge in [0.25, 0.3) is 5.97 Å². The fourth-order valence-electron chi connectivity index (χ4n) is 7.93. The van der Waals surface area contributed by atoms with Crippen LogP contribution in [0.4, 0.5) is 0 Å². The minimum absolute atomic E-state index is 0.171. The van der Waals surface area contributed by atoms with Crippen molar-refractivity contribution in [3.8, 4) is 0 Å². The minimum atomic E-state index is -1.02. The van der Waals surface area contributed by atoms with Crippen LogP contribution in [0.5, 0.6) is 0 Å². The van der Waals surface area contributed by atoms with Gasteiger partial charge in [-0.3, -0.25) is 0 Å². The van der Waals surface area contributed by atoms with E-state index in [2.05, 4.69) is 62.3 Å². The second-order valence-corrected chi connectivity index (χ2v) is 15.5. The van der Waals surface area contributed by atoms with E-state index in [1.165, 1.54) is 38.5 Å². The third-order valence-electron chi connectivity index (χ3n) is 10.5. The molecule has 0 aromatic rings. The smallest absolute Gasteiger partial charge is 0.285 e. The molecule has 0 radical (unpaired) electrons. The van der Waals surface area contributed by atoms with E-state index in [-0.39, 0.29) is 18.3 Å². The van der Waals surface area contributed by atoms with E-state index in [1.807, 2.05) is 0 Å². The van der Waals surface area contributed by atoms with Crippen molar-refractivity contribution < 1.29 is 18.6 Å². The van der Waals surface area contributed by atoms with Crippen LogP contribution >= 0.6 is 0 Å². The molecule has 3 saturated carbocycles. The molecule has 3 fully saturated rings. The highest BCUT2D eigenvalue weighted by molar-refractivity contribution is 5.97. The highest BCUT2D eigenvalue weighted by Gasteiger charge is 2.48. The first kappa shape index (κ1) is 32.6. The molecule has 0 saturated heterocycles. The molecule has 0 aromatic heterocycles. The summed E-state index contributed by atoms with van der Waals surface area (Å²) in [5, 5.41) is 0. The SMILES string of the molecule is CC1CCC(C(C)C)C(OC(CCO[SiH3])(OC2CC(C)CCC2C(C)C)OC2CC(C)CCC2C(C)C)C1. The molecular formula is C33H64O4Si. The average molecular weight is 553 g/mol. The van der Waals surface area contributed by atoms with Crippen molar-refractivity contribution in [2.75, 3.05) is 6.61 Å². The fraction of sp³-hybridized carbons (Fsp3) is 1.00. The highest BCUT2D eigenvalue weighted by Crippen LogP contribution is 2.45. The third-order valence-corrected chi connectivity index (χ3v) is 10.9. The van der Waals surface area contributed by atoms with Crippen LogP contribution < -0.4 is 0 Å². The normalized spacial score (nSPS) is 38.7. The van der Waals surface area contributed by atoms with Gasteiger partial charge in [0.2, 0.25) is 0 Å². The van der Waals surface area contributed by atoms with E-state index < -0.39 is 5.97 Å². The van der Waals surface area contributed by atoms with Crippen molar-refractivity contribution in [1.29, 1.82) is 0 Å². The largest absolute Gasteiger partial charge is 0.428 e. The lowest BCUT2D eigenvalue weighted by molar-refractivity contribution is -0.438. The van der Waals surface area contributed by atoms with E-state index in [4.69, 9.17) is 18.6 Å². The average Bonchev–Trinajstić information content (AvgIpc) is 2.82. The Balaban J connectivity index is 2.00. The van der Waals surface area contributed by atoms with Crippen LogP contribution in [0.25, 0.3) is 0 Å². The van der Waals surface area contributed by atoms with Gasteiger partial charge in [-0.05, 0) is 91.8 Å². The van der Waals surface area contributed by atoms with E-state index in [0.717, 1.165) is 29.7 Å². The summed E-state index contributed by atoms with van der Waals surface area (Å²) in [6, 6.07) is 0. The van der Waals surface area contributed by atoms with Crippen LogP contribution in [0.3, 0.4) is 0 Å². The molecule has 3 aliphatic rings. The minimum Gasteiger partial charge on any atom is -0.428 e. The maximum absolute atomic E-state index is 7.35. The van der Waals surface area contributed by atoms with Crippen molar-refractivity contribution in [3.05, 3.63) is 0 Å². The maximum Gasteiger partial charge on any atom is 0.285 e. The molecule has 0 spiro atoms. The first-order chi connectivity index (χ1) is 17.9. The first-order valence-corrected chi connectivity index (χ1v) is 17.3. The number of hydrogen-bond acceptors (Lipinski definition) is 4. The predicted octanol–water partition coefficient (Wildman–Crippen LogP) is 7.76. The lowest BCUT2D eigenvalue weighted by Gasteiger charge is -2.49. The molecule has 0 aliphatic heterocycles. The summed E-state index contributed by atoms with van der Waals surface area (Å²) in [6.45, 7) is 22.1. The summed E-state index contributed by atoms with van der Waals surface area (Å²) >= 11 is 0. The monoisotopic (exact) mass is 552 g/mol. The zero-order valence-electron chi connectivity index (χ0n) is 26.8. The Morgan fingerprint density at radius 1 is 0.579 bits per heavy atom. The van der Waals surface area contributed by atoms with Crippen molar-refractivity contribution in [2.45, 2.75) is 151 Å². The van der Waals surface area contributed by atoms with Gasteiger partial charge in [0.05, 0.1) is 24.7 Å². The third kappa shape index (κ3) is 8.78. The predicted molar refractivity (Wildman–Crippen MR) is 162 cm³/mol. The van der Waals surface area contributed by atoms with Crippen molar-refractivity contribution in [1.82, 2.24) is 0 Å². The molecule has 9 atom stereocenters. The topological polar surface area (TPSA) is 36.9 Å². The van der Waals surface area contributed by atoms with Crippen LogP contribution in [0, 0.1) is 53.3 Å². The molecule has 4 nitrogen and oxygen atoms in total. The van der Waals surface area contributed by atoms with Gasteiger partial charge in [-0.15, -0.1) is 0 Å². The fourth-order valence-corrected chi connectivity index (χ4v) is 8.13. The summed E-state index contributed by atoms with van der Waals surface area (Å²) in [5.41, 5.74) is 0. The molecule has 0 aromatic carbocycles. The van der Waals surface area contributed by atoms with E-state index in [0.29, 0.717) is 66.3 Å². The zero-order chi connectivity index (χ0) is 28.0. The lowest BCUT2D eigenvalue weighted by Crippen LogP contribution is -2.54. The molecule has 224 valence electrons. The Morgan fingerprint density at radius 3 is 1.16 bits per heavy atom. The lowest BCUT2D eigenvalue weighted by atomic mass is 9.75. The summed E-state index contributed by atoms with van der Waals surface area (Å²) in [6.07, 6.45) is 12.1. The Bertz CT molecular complexity index is 598. The quantitative estimate of drug-likeness (QED) is 0.183. The molecule has 3 aliphatic carbocycles. The van der Waals surface area contributed by atoms with Crippen molar-refractivity contribution in [3.63, 3.8) is 0 Å². The van der Waals surface area contributed by atoms with E-state index in [1.54, 1.807) is 0 Å². The van der Waals surface area contributed by atoms with Gasteiger partial charge < -0.3 is 18.6 Å². The molecule has 9 unspecified atom stereocenters. The van der Waals surface area contributed by atoms with Gasteiger partial charge in [-0.25, -0.2) is 0 Å².